The zero-order valence-electron chi connectivity index (χ0n) is 12.4. The van der Waals surface area contributed by atoms with Gasteiger partial charge >= 0.3 is 0 Å². The molecule has 108 valence electrons. The summed E-state index contributed by atoms with van der Waals surface area (Å²) in [6.07, 6.45) is 0. The lowest BCUT2D eigenvalue weighted by Gasteiger charge is -2.19. The van der Waals surface area contributed by atoms with Crippen LogP contribution in [0, 0.1) is 0 Å². The van der Waals surface area contributed by atoms with Gasteiger partial charge in [0.15, 0.2) is 5.96 Å². The third-order valence-electron chi connectivity index (χ3n) is 3.80. The van der Waals surface area contributed by atoms with E-state index < -0.39 is 0 Å². The number of nitrogens with zero attached hydrogens (tertiary/aromatic N) is 2. The monoisotopic (exact) mass is 279 g/mol. The van der Waals surface area contributed by atoms with E-state index in [9.17, 15) is 0 Å². The first-order valence-electron chi connectivity index (χ1n) is 7.54. The Kier molecular flexibility index (Phi) is 4.20. The van der Waals surface area contributed by atoms with Gasteiger partial charge in [-0.2, -0.15) is 0 Å². The number of hydrogen-bond donors (Lipinski definition) is 1. The van der Waals surface area contributed by atoms with Crippen LogP contribution in [0.5, 0.6) is 0 Å². The van der Waals surface area contributed by atoms with Crippen LogP contribution in [0.3, 0.4) is 0 Å². The number of rotatable bonds is 4. The highest BCUT2D eigenvalue weighted by Gasteiger charge is 2.13. The SMILES string of the molecule is CCN1CCN=C1NCc1cccc(-c2ccccc2)c1. The fourth-order valence-electron chi connectivity index (χ4n) is 2.63. The summed E-state index contributed by atoms with van der Waals surface area (Å²) in [4.78, 5) is 6.79. The minimum Gasteiger partial charge on any atom is -0.352 e. The Labute approximate surface area is 126 Å². The normalized spacial score (nSPS) is 14.1. The molecule has 1 N–H and O–H groups in total. The molecule has 0 aliphatic carbocycles. The maximum absolute atomic E-state index is 4.52. The molecule has 2 aromatic rings. The van der Waals surface area contributed by atoms with Crippen LogP contribution in [-0.2, 0) is 6.54 Å². The van der Waals surface area contributed by atoms with Gasteiger partial charge in [0, 0.05) is 19.6 Å². The second kappa shape index (κ2) is 6.44. The minimum absolute atomic E-state index is 0.815. The van der Waals surface area contributed by atoms with Crippen molar-refractivity contribution in [2.75, 3.05) is 19.6 Å². The molecule has 1 aliphatic rings. The van der Waals surface area contributed by atoms with Gasteiger partial charge in [0.05, 0.1) is 6.54 Å². The second-order valence-corrected chi connectivity index (χ2v) is 5.20. The third-order valence-corrected chi connectivity index (χ3v) is 3.80. The molecule has 3 rings (SSSR count). The Balaban J connectivity index is 1.70. The van der Waals surface area contributed by atoms with E-state index in [2.05, 4.69) is 70.7 Å². The first kappa shape index (κ1) is 13.7. The van der Waals surface area contributed by atoms with E-state index in [-0.39, 0.29) is 0 Å². The summed E-state index contributed by atoms with van der Waals surface area (Å²) < 4.78 is 0. The summed E-state index contributed by atoms with van der Waals surface area (Å²) in [5.41, 5.74) is 3.80. The lowest BCUT2D eigenvalue weighted by atomic mass is 10.0. The van der Waals surface area contributed by atoms with Crippen molar-refractivity contribution in [3.8, 4) is 11.1 Å². The predicted octanol–water partition coefficient (Wildman–Crippen LogP) is 3.13. The lowest BCUT2D eigenvalue weighted by Crippen LogP contribution is -2.37. The Morgan fingerprint density at radius 2 is 1.86 bits per heavy atom. The molecular weight excluding hydrogens is 258 g/mol. The fraction of sp³-hybridized carbons (Fsp3) is 0.278. The van der Waals surface area contributed by atoms with Crippen molar-refractivity contribution in [2.24, 2.45) is 4.99 Å². The van der Waals surface area contributed by atoms with Crippen LogP contribution in [0.4, 0.5) is 0 Å². The van der Waals surface area contributed by atoms with Crippen molar-refractivity contribution < 1.29 is 0 Å². The Morgan fingerprint density at radius 1 is 1.05 bits per heavy atom. The van der Waals surface area contributed by atoms with Crippen LogP contribution in [0.25, 0.3) is 11.1 Å². The molecule has 0 aromatic heterocycles. The van der Waals surface area contributed by atoms with Crippen molar-refractivity contribution in [3.05, 3.63) is 60.2 Å². The van der Waals surface area contributed by atoms with Crippen molar-refractivity contribution >= 4 is 5.96 Å². The van der Waals surface area contributed by atoms with E-state index in [1.165, 1.54) is 16.7 Å². The molecule has 21 heavy (non-hydrogen) atoms. The molecule has 2 aromatic carbocycles. The molecular formula is C18H21N3. The highest BCUT2D eigenvalue weighted by molar-refractivity contribution is 5.81. The topological polar surface area (TPSA) is 27.6 Å². The molecule has 0 spiro atoms. The first-order valence-corrected chi connectivity index (χ1v) is 7.54. The van der Waals surface area contributed by atoms with Crippen LogP contribution in [-0.4, -0.2) is 30.5 Å². The van der Waals surface area contributed by atoms with E-state index in [4.69, 9.17) is 0 Å². The number of benzene rings is 2. The molecule has 0 saturated heterocycles. The fourth-order valence-corrected chi connectivity index (χ4v) is 2.63. The van der Waals surface area contributed by atoms with E-state index in [1.54, 1.807) is 0 Å². The van der Waals surface area contributed by atoms with Gasteiger partial charge in [0.25, 0.3) is 0 Å². The number of likely N-dealkylation sites (N-methyl/N-ethyl adjacent to an activating group) is 1. The number of nitrogens with one attached hydrogen (secondary N) is 1. The van der Waals surface area contributed by atoms with E-state index >= 15 is 0 Å². The average molecular weight is 279 g/mol. The van der Waals surface area contributed by atoms with Gasteiger partial charge in [-0.25, -0.2) is 0 Å². The summed E-state index contributed by atoms with van der Waals surface area (Å²) in [7, 11) is 0. The summed E-state index contributed by atoms with van der Waals surface area (Å²) in [6, 6.07) is 19.2. The van der Waals surface area contributed by atoms with Crippen LogP contribution < -0.4 is 5.32 Å². The molecule has 3 heteroatoms. The van der Waals surface area contributed by atoms with E-state index in [0.29, 0.717) is 0 Å². The van der Waals surface area contributed by atoms with Crippen molar-refractivity contribution in [1.82, 2.24) is 10.2 Å². The van der Waals surface area contributed by atoms with Crippen LogP contribution in [0.2, 0.25) is 0 Å². The Bertz CT molecular complexity index is 619. The molecule has 0 bridgehead atoms. The molecule has 0 amide bonds. The second-order valence-electron chi connectivity index (χ2n) is 5.20. The molecule has 0 unspecified atom stereocenters. The van der Waals surface area contributed by atoms with Crippen LogP contribution in [0.1, 0.15) is 12.5 Å². The van der Waals surface area contributed by atoms with E-state index in [0.717, 1.165) is 32.1 Å². The van der Waals surface area contributed by atoms with E-state index in [1.807, 2.05) is 6.07 Å². The maximum atomic E-state index is 4.52. The van der Waals surface area contributed by atoms with Gasteiger partial charge in [-0.1, -0.05) is 48.5 Å². The summed E-state index contributed by atoms with van der Waals surface area (Å²) in [5, 5.41) is 3.45. The molecule has 0 radical (unpaired) electrons. The Morgan fingerprint density at radius 3 is 2.67 bits per heavy atom. The third kappa shape index (κ3) is 3.24. The molecule has 1 heterocycles. The predicted molar refractivity (Wildman–Crippen MR) is 88.3 cm³/mol. The minimum atomic E-state index is 0.815. The van der Waals surface area contributed by atoms with Gasteiger partial charge < -0.3 is 10.2 Å². The van der Waals surface area contributed by atoms with Crippen molar-refractivity contribution in [3.63, 3.8) is 0 Å². The lowest BCUT2D eigenvalue weighted by molar-refractivity contribution is 0.466. The Hall–Kier alpha value is -2.29. The highest BCUT2D eigenvalue weighted by atomic mass is 15.3. The van der Waals surface area contributed by atoms with Gasteiger partial charge in [-0.15, -0.1) is 0 Å². The van der Waals surface area contributed by atoms with Gasteiger partial charge in [0.1, 0.15) is 0 Å². The van der Waals surface area contributed by atoms with Gasteiger partial charge in [-0.3, -0.25) is 4.99 Å². The summed E-state index contributed by atoms with van der Waals surface area (Å²) >= 11 is 0. The van der Waals surface area contributed by atoms with Crippen molar-refractivity contribution in [2.45, 2.75) is 13.5 Å². The highest BCUT2D eigenvalue weighted by Crippen LogP contribution is 2.19. The smallest absolute Gasteiger partial charge is 0.194 e. The van der Waals surface area contributed by atoms with Crippen LogP contribution in [0.15, 0.2) is 59.6 Å². The zero-order valence-corrected chi connectivity index (χ0v) is 12.4. The largest absolute Gasteiger partial charge is 0.352 e. The number of hydrogen-bond acceptors (Lipinski definition) is 3. The molecule has 1 aliphatic heterocycles. The first-order chi connectivity index (χ1) is 10.4. The van der Waals surface area contributed by atoms with Gasteiger partial charge in [0.2, 0.25) is 0 Å². The molecule has 0 atom stereocenters. The standard InChI is InChI=1S/C18H21N3/c1-2-21-12-11-19-18(21)20-14-15-7-6-10-17(13-15)16-8-4-3-5-9-16/h3-10,13H,2,11-12,14H2,1H3,(H,19,20). The van der Waals surface area contributed by atoms with Crippen molar-refractivity contribution in [1.29, 1.82) is 0 Å². The quantitative estimate of drug-likeness (QED) is 0.931. The van der Waals surface area contributed by atoms with Gasteiger partial charge in [-0.05, 0) is 29.7 Å². The maximum Gasteiger partial charge on any atom is 0.194 e. The molecule has 0 fully saturated rings. The average Bonchev–Trinajstić information content (AvgIpc) is 3.01. The molecule has 3 nitrogen and oxygen atoms in total. The summed E-state index contributed by atoms with van der Waals surface area (Å²) in [5.74, 6) is 1.03. The molecule has 0 saturated carbocycles. The number of aliphatic imine (C=N–C) groups is 1. The number of guanidine groups is 1. The van der Waals surface area contributed by atoms with Crippen LogP contribution >= 0.6 is 0 Å². The summed E-state index contributed by atoms with van der Waals surface area (Å²) in [6.45, 7) is 5.92. The zero-order chi connectivity index (χ0) is 14.5.